The lowest BCUT2D eigenvalue weighted by Crippen LogP contribution is -2.23. The van der Waals surface area contributed by atoms with Gasteiger partial charge in [0.1, 0.15) is 5.75 Å². The van der Waals surface area contributed by atoms with Crippen LogP contribution in [0.4, 0.5) is 11.4 Å². The summed E-state index contributed by atoms with van der Waals surface area (Å²) in [5.74, 6) is -1.08. The van der Waals surface area contributed by atoms with Crippen molar-refractivity contribution in [2.24, 2.45) is 0 Å². The molecule has 0 bridgehead atoms. The minimum absolute atomic E-state index is 0.0982. The Morgan fingerprint density at radius 2 is 1.73 bits per heavy atom. The molecule has 1 N–H and O–H groups in total. The number of halogens is 2. The number of nitrogens with one attached hydrogen (secondary N) is 1. The first-order chi connectivity index (χ1) is 12.3. The fourth-order valence-electron chi connectivity index (χ4n) is 1.77. The van der Waals surface area contributed by atoms with Crippen LogP contribution in [0.2, 0.25) is 10.0 Å². The summed E-state index contributed by atoms with van der Waals surface area (Å²) >= 11 is 11.6. The average molecular weight is 399 g/mol. The average Bonchev–Trinajstić information content (AvgIpc) is 2.61. The summed E-state index contributed by atoms with van der Waals surface area (Å²) in [5.41, 5.74) is 0.307. The quantitative estimate of drug-likeness (QED) is 0.434. The van der Waals surface area contributed by atoms with Crippen LogP contribution in [0.25, 0.3) is 0 Å². The van der Waals surface area contributed by atoms with Gasteiger partial charge in [-0.1, -0.05) is 23.2 Å². The van der Waals surface area contributed by atoms with Crippen LogP contribution < -0.4 is 10.1 Å². The summed E-state index contributed by atoms with van der Waals surface area (Å²) in [7, 11) is 0. The Kier molecular flexibility index (Phi) is 6.76. The van der Waals surface area contributed by atoms with E-state index in [9.17, 15) is 19.7 Å². The van der Waals surface area contributed by atoms with E-state index in [-0.39, 0.29) is 16.5 Å². The SMILES string of the molecule is O=C(COC(=O)COc1ccc([N+](=O)[O-])cc1)Nc1ccc(Cl)c(Cl)c1. The second-order valence-electron chi connectivity index (χ2n) is 4.88. The highest BCUT2D eigenvalue weighted by molar-refractivity contribution is 6.42. The van der Waals surface area contributed by atoms with Gasteiger partial charge < -0.3 is 14.8 Å². The van der Waals surface area contributed by atoms with Crippen molar-refractivity contribution >= 4 is 46.5 Å². The number of carbonyl (C=O) groups excluding carboxylic acids is 2. The first kappa shape index (κ1) is 19.5. The molecule has 2 aromatic rings. The maximum Gasteiger partial charge on any atom is 0.344 e. The molecule has 0 fully saturated rings. The minimum atomic E-state index is -0.771. The van der Waals surface area contributed by atoms with E-state index < -0.39 is 30.0 Å². The van der Waals surface area contributed by atoms with Crippen LogP contribution in [-0.2, 0) is 14.3 Å². The topological polar surface area (TPSA) is 108 Å². The van der Waals surface area contributed by atoms with E-state index in [1.165, 1.54) is 36.4 Å². The molecular weight excluding hydrogens is 387 g/mol. The number of hydrogen-bond donors (Lipinski definition) is 1. The predicted molar refractivity (Wildman–Crippen MR) is 94.6 cm³/mol. The first-order valence-electron chi connectivity index (χ1n) is 7.13. The van der Waals surface area contributed by atoms with E-state index in [1.54, 1.807) is 6.07 Å². The molecule has 8 nitrogen and oxygen atoms in total. The van der Waals surface area contributed by atoms with Crippen LogP contribution in [-0.4, -0.2) is 30.0 Å². The smallest absolute Gasteiger partial charge is 0.344 e. The summed E-state index contributed by atoms with van der Waals surface area (Å²) < 4.78 is 9.89. The van der Waals surface area contributed by atoms with Gasteiger partial charge in [0.25, 0.3) is 11.6 Å². The zero-order valence-corrected chi connectivity index (χ0v) is 14.6. The largest absolute Gasteiger partial charge is 0.482 e. The number of benzene rings is 2. The van der Waals surface area contributed by atoms with Gasteiger partial charge in [-0.05, 0) is 30.3 Å². The molecule has 26 heavy (non-hydrogen) atoms. The highest BCUT2D eigenvalue weighted by atomic mass is 35.5. The molecule has 0 radical (unpaired) electrons. The normalized spacial score (nSPS) is 10.1. The van der Waals surface area contributed by atoms with E-state index >= 15 is 0 Å². The summed E-state index contributed by atoms with van der Waals surface area (Å²) in [6, 6.07) is 9.71. The van der Waals surface area contributed by atoms with Gasteiger partial charge in [0.2, 0.25) is 0 Å². The summed E-state index contributed by atoms with van der Waals surface area (Å²) in [5, 5.41) is 13.6. The maximum atomic E-state index is 11.7. The molecule has 10 heteroatoms. The van der Waals surface area contributed by atoms with E-state index in [0.29, 0.717) is 10.7 Å². The van der Waals surface area contributed by atoms with E-state index in [0.717, 1.165) is 0 Å². The van der Waals surface area contributed by atoms with Crippen molar-refractivity contribution in [3.05, 3.63) is 62.6 Å². The van der Waals surface area contributed by atoms with Gasteiger partial charge in [-0.2, -0.15) is 0 Å². The Labute approximate surface area is 157 Å². The third kappa shape index (κ3) is 5.91. The van der Waals surface area contributed by atoms with E-state index in [4.69, 9.17) is 32.7 Å². The number of hydrogen-bond acceptors (Lipinski definition) is 6. The van der Waals surface area contributed by atoms with Crippen molar-refractivity contribution < 1.29 is 24.0 Å². The Morgan fingerprint density at radius 1 is 1.04 bits per heavy atom. The number of anilines is 1. The fourth-order valence-corrected chi connectivity index (χ4v) is 2.06. The second kappa shape index (κ2) is 9.02. The lowest BCUT2D eigenvalue weighted by Gasteiger charge is -2.08. The van der Waals surface area contributed by atoms with Crippen molar-refractivity contribution in [3.63, 3.8) is 0 Å². The van der Waals surface area contributed by atoms with Gasteiger partial charge in [0, 0.05) is 17.8 Å². The third-order valence-corrected chi connectivity index (χ3v) is 3.71. The number of nitro groups is 1. The molecule has 0 saturated heterocycles. The molecule has 0 atom stereocenters. The van der Waals surface area contributed by atoms with Crippen molar-refractivity contribution in [2.45, 2.75) is 0 Å². The van der Waals surface area contributed by atoms with Crippen LogP contribution in [0.5, 0.6) is 5.75 Å². The third-order valence-electron chi connectivity index (χ3n) is 2.97. The van der Waals surface area contributed by atoms with Crippen LogP contribution in [0, 0.1) is 10.1 Å². The lowest BCUT2D eigenvalue weighted by molar-refractivity contribution is -0.384. The molecule has 136 valence electrons. The van der Waals surface area contributed by atoms with Gasteiger partial charge in [0.05, 0.1) is 15.0 Å². The Hall–Kier alpha value is -2.84. The lowest BCUT2D eigenvalue weighted by atomic mass is 10.3. The van der Waals surface area contributed by atoms with Crippen molar-refractivity contribution in [2.75, 3.05) is 18.5 Å². The van der Waals surface area contributed by atoms with Gasteiger partial charge >= 0.3 is 5.97 Å². The van der Waals surface area contributed by atoms with Gasteiger partial charge in [-0.15, -0.1) is 0 Å². The van der Waals surface area contributed by atoms with Crippen LogP contribution in [0.1, 0.15) is 0 Å². The number of esters is 1. The van der Waals surface area contributed by atoms with Gasteiger partial charge in [-0.3, -0.25) is 14.9 Å². The molecule has 2 rings (SSSR count). The number of rotatable bonds is 7. The number of nitro benzene ring substituents is 1. The number of amides is 1. The molecular formula is C16H12Cl2N2O6. The summed E-state index contributed by atoms with van der Waals surface area (Å²) in [6.07, 6.45) is 0. The second-order valence-corrected chi connectivity index (χ2v) is 5.69. The highest BCUT2D eigenvalue weighted by Crippen LogP contribution is 2.24. The molecule has 0 unspecified atom stereocenters. The Morgan fingerprint density at radius 3 is 2.35 bits per heavy atom. The first-order valence-corrected chi connectivity index (χ1v) is 7.88. The molecule has 0 aliphatic rings. The number of carbonyl (C=O) groups is 2. The monoisotopic (exact) mass is 398 g/mol. The van der Waals surface area contributed by atoms with Crippen molar-refractivity contribution in [1.29, 1.82) is 0 Å². The van der Waals surface area contributed by atoms with Crippen LogP contribution >= 0.6 is 23.2 Å². The predicted octanol–water partition coefficient (Wildman–Crippen LogP) is 3.46. The molecule has 0 heterocycles. The van der Waals surface area contributed by atoms with Crippen LogP contribution in [0.15, 0.2) is 42.5 Å². The van der Waals surface area contributed by atoms with Crippen LogP contribution in [0.3, 0.4) is 0 Å². The van der Waals surface area contributed by atoms with E-state index in [2.05, 4.69) is 5.32 Å². The molecule has 0 aliphatic carbocycles. The molecule has 0 aliphatic heterocycles. The minimum Gasteiger partial charge on any atom is -0.482 e. The zero-order chi connectivity index (χ0) is 19.1. The fraction of sp³-hybridized carbons (Fsp3) is 0.125. The van der Waals surface area contributed by atoms with Crippen molar-refractivity contribution in [3.8, 4) is 5.75 Å². The molecule has 1 amide bonds. The number of ether oxygens (including phenoxy) is 2. The molecule has 0 aromatic heterocycles. The maximum absolute atomic E-state index is 11.7. The Balaban J connectivity index is 1.74. The molecule has 0 saturated carbocycles. The van der Waals surface area contributed by atoms with Gasteiger partial charge in [0.15, 0.2) is 13.2 Å². The summed E-state index contributed by atoms with van der Waals surface area (Å²) in [6.45, 7) is -0.958. The number of nitrogens with zero attached hydrogens (tertiary/aromatic N) is 1. The summed E-state index contributed by atoms with van der Waals surface area (Å²) in [4.78, 5) is 33.3. The van der Waals surface area contributed by atoms with Gasteiger partial charge in [-0.25, -0.2) is 4.79 Å². The standard InChI is InChI=1S/C16H12Cl2N2O6/c17-13-6-1-10(7-14(13)18)19-15(21)8-26-16(22)9-25-12-4-2-11(3-5-12)20(23)24/h1-7H,8-9H2,(H,19,21). The Bertz CT molecular complexity index is 826. The molecule has 0 spiro atoms. The highest BCUT2D eigenvalue weighted by Gasteiger charge is 2.10. The number of non-ortho nitro benzene ring substituents is 1. The van der Waals surface area contributed by atoms with E-state index in [1.807, 2.05) is 0 Å². The zero-order valence-electron chi connectivity index (χ0n) is 13.1. The van der Waals surface area contributed by atoms with Crippen molar-refractivity contribution in [1.82, 2.24) is 0 Å². The molecule has 2 aromatic carbocycles.